The lowest BCUT2D eigenvalue weighted by Gasteiger charge is -2.34. The molecule has 0 amide bonds. The highest BCUT2D eigenvalue weighted by Crippen LogP contribution is 2.34. The minimum Gasteiger partial charge on any atom is -0.470 e. The van der Waals surface area contributed by atoms with Gasteiger partial charge in [-0.05, 0) is 25.2 Å². The molecule has 0 unspecified atom stereocenters. The number of aliphatic hydroxyl groups is 1. The number of rotatable bonds is 4. The summed E-state index contributed by atoms with van der Waals surface area (Å²) in [5, 5.41) is 10.5. The lowest BCUT2D eigenvalue weighted by molar-refractivity contribution is 0.00794. The zero-order valence-corrected chi connectivity index (χ0v) is 19.2. The predicted molar refractivity (Wildman–Crippen MR) is 126 cm³/mol. The number of pyridine rings is 1. The van der Waals surface area contributed by atoms with Crippen LogP contribution in [0.25, 0.3) is 22.3 Å². The van der Waals surface area contributed by atoms with Crippen LogP contribution in [0.5, 0.6) is 5.88 Å². The van der Waals surface area contributed by atoms with E-state index >= 15 is 0 Å². The Bertz CT molecular complexity index is 1150. The molecule has 0 saturated carbocycles. The number of nitrogens with one attached hydrogen (secondary N) is 1. The summed E-state index contributed by atoms with van der Waals surface area (Å²) in [6.07, 6.45) is -1.47. The number of aliphatic hydroxyl groups excluding tert-OH is 1. The summed E-state index contributed by atoms with van der Waals surface area (Å²) in [7, 11) is 2.16. The first-order chi connectivity index (χ1) is 16.0. The molecule has 0 aliphatic carbocycles. The maximum Gasteiger partial charge on any atom is 0.193 e. The van der Waals surface area contributed by atoms with Crippen LogP contribution in [-0.2, 0) is 9.47 Å². The number of aromatic amines is 1. The summed E-state index contributed by atoms with van der Waals surface area (Å²) in [6.45, 7) is 4.86. The van der Waals surface area contributed by atoms with Crippen molar-refractivity contribution in [2.24, 2.45) is 0 Å². The zero-order valence-electron chi connectivity index (χ0n) is 18.4. The third-order valence-electron chi connectivity index (χ3n) is 6.80. The van der Waals surface area contributed by atoms with Gasteiger partial charge in [0.1, 0.15) is 18.3 Å². The highest BCUT2D eigenvalue weighted by molar-refractivity contribution is 6.33. The molecule has 3 aliphatic rings. The molecule has 0 radical (unpaired) electrons. The van der Waals surface area contributed by atoms with Gasteiger partial charge in [-0.2, -0.15) is 0 Å². The third-order valence-corrected chi connectivity index (χ3v) is 7.09. The second-order valence-corrected chi connectivity index (χ2v) is 9.45. The first-order valence-electron chi connectivity index (χ1n) is 11.4. The second kappa shape index (κ2) is 8.45. The van der Waals surface area contributed by atoms with Crippen molar-refractivity contribution in [2.75, 3.05) is 51.3 Å². The van der Waals surface area contributed by atoms with Gasteiger partial charge < -0.3 is 34.1 Å². The van der Waals surface area contributed by atoms with Crippen LogP contribution in [0.15, 0.2) is 36.4 Å². The van der Waals surface area contributed by atoms with Crippen LogP contribution in [0, 0.1) is 0 Å². The number of H-pyrrole nitrogens is 1. The fourth-order valence-electron chi connectivity index (χ4n) is 4.88. The fraction of sp³-hybridized carbons (Fsp3) is 0.458. The topological polar surface area (TPSA) is 83.1 Å². The van der Waals surface area contributed by atoms with Gasteiger partial charge in [0, 0.05) is 43.5 Å². The van der Waals surface area contributed by atoms with Crippen molar-refractivity contribution in [3.8, 4) is 17.1 Å². The minimum absolute atomic E-state index is 0.266. The summed E-state index contributed by atoms with van der Waals surface area (Å²) in [5.41, 5.74) is 4.51. The average Bonchev–Trinajstić information content (AvgIpc) is 3.51. The number of nitrogens with zero attached hydrogens (tertiary/aromatic N) is 3. The van der Waals surface area contributed by atoms with E-state index in [1.807, 2.05) is 12.1 Å². The molecular weight excluding hydrogens is 444 g/mol. The van der Waals surface area contributed by atoms with Gasteiger partial charge in [-0.15, -0.1) is 0 Å². The Morgan fingerprint density at radius 1 is 1.06 bits per heavy atom. The first-order valence-corrected chi connectivity index (χ1v) is 11.7. The summed E-state index contributed by atoms with van der Waals surface area (Å²) in [5.74, 6) is 0.579. The Hall–Kier alpha value is -2.36. The predicted octanol–water partition coefficient (Wildman–Crippen LogP) is 2.54. The second-order valence-electron chi connectivity index (χ2n) is 9.04. The molecule has 3 saturated heterocycles. The molecular formula is C24H27ClN4O4. The van der Waals surface area contributed by atoms with Gasteiger partial charge in [0.2, 0.25) is 0 Å². The molecule has 3 fully saturated rings. The maximum atomic E-state index is 9.93. The van der Waals surface area contributed by atoms with Crippen molar-refractivity contribution in [3.05, 3.63) is 41.4 Å². The highest BCUT2D eigenvalue weighted by atomic mass is 35.5. The van der Waals surface area contributed by atoms with Gasteiger partial charge >= 0.3 is 0 Å². The van der Waals surface area contributed by atoms with Gasteiger partial charge in [-0.1, -0.05) is 23.7 Å². The van der Waals surface area contributed by atoms with Crippen LogP contribution in [-0.4, -0.2) is 90.8 Å². The Morgan fingerprint density at radius 2 is 1.82 bits per heavy atom. The fourth-order valence-corrected chi connectivity index (χ4v) is 5.14. The number of piperazine rings is 1. The van der Waals surface area contributed by atoms with E-state index in [2.05, 4.69) is 46.1 Å². The van der Waals surface area contributed by atoms with Crippen molar-refractivity contribution in [1.82, 2.24) is 14.9 Å². The molecule has 174 valence electrons. The molecule has 1 aromatic carbocycles. The minimum atomic E-state index is -0.600. The number of aromatic nitrogens is 2. The number of hydrogen-bond acceptors (Lipinski definition) is 7. The highest BCUT2D eigenvalue weighted by Gasteiger charge is 2.48. The first kappa shape index (κ1) is 21.2. The van der Waals surface area contributed by atoms with E-state index in [4.69, 9.17) is 30.8 Å². The Balaban J connectivity index is 1.21. The molecule has 5 heterocycles. The van der Waals surface area contributed by atoms with E-state index < -0.39 is 6.10 Å². The molecule has 0 spiro atoms. The number of ether oxygens (including phenoxy) is 3. The largest absolute Gasteiger partial charge is 0.470 e. The molecule has 2 N–H and O–H groups in total. The normalized spacial score (nSPS) is 27.9. The standard InChI is InChI=1S/C24H27ClN4O4/c1-28-6-8-29(9-7-28)15-4-2-14(3-5-15)22-16(25)10-17-18(27-22)11-21(26-17)33-20-13-32-23-19(30)12-31-24(20)23/h2-5,10-11,19-20,23-24,26,30H,6-9,12-13H2,1H3/t19-,20-,23-,24-/m1/s1. The van der Waals surface area contributed by atoms with Crippen LogP contribution in [0.1, 0.15) is 0 Å². The lowest BCUT2D eigenvalue weighted by atomic mass is 10.1. The quantitative estimate of drug-likeness (QED) is 0.606. The van der Waals surface area contributed by atoms with E-state index in [1.54, 1.807) is 0 Å². The zero-order chi connectivity index (χ0) is 22.5. The molecule has 33 heavy (non-hydrogen) atoms. The number of likely N-dealkylation sites (N-methyl/N-ethyl adjacent to an activating group) is 1. The Morgan fingerprint density at radius 3 is 2.61 bits per heavy atom. The van der Waals surface area contributed by atoms with Crippen LogP contribution in [0.4, 0.5) is 5.69 Å². The van der Waals surface area contributed by atoms with Gasteiger partial charge in [-0.25, -0.2) is 4.98 Å². The monoisotopic (exact) mass is 470 g/mol. The Labute approximate surface area is 197 Å². The van der Waals surface area contributed by atoms with Crippen LogP contribution in [0.2, 0.25) is 5.02 Å². The SMILES string of the molecule is CN1CCN(c2ccc(-c3nc4cc(O[C@@H]5CO[C@H]6[C@@H]5OC[C@H]6O)[nH]c4cc3Cl)cc2)CC1. The number of anilines is 1. The summed E-state index contributed by atoms with van der Waals surface area (Å²) >= 11 is 6.60. The molecule has 3 aromatic rings. The molecule has 6 rings (SSSR count). The summed E-state index contributed by atoms with van der Waals surface area (Å²) in [6, 6.07) is 12.2. The molecule has 3 aliphatic heterocycles. The number of fused-ring (bicyclic) bond motifs is 2. The van der Waals surface area contributed by atoms with Gasteiger partial charge in [-0.3, -0.25) is 0 Å². The number of hydrogen-bond donors (Lipinski definition) is 2. The van der Waals surface area contributed by atoms with Crippen LogP contribution >= 0.6 is 11.6 Å². The van der Waals surface area contributed by atoms with Gasteiger partial charge in [0.15, 0.2) is 12.0 Å². The van der Waals surface area contributed by atoms with Crippen molar-refractivity contribution < 1.29 is 19.3 Å². The van der Waals surface area contributed by atoms with E-state index in [9.17, 15) is 5.11 Å². The van der Waals surface area contributed by atoms with E-state index in [-0.39, 0.29) is 24.9 Å². The molecule has 2 aromatic heterocycles. The summed E-state index contributed by atoms with van der Waals surface area (Å²) < 4.78 is 17.4. The van der Waals surface area contributed by atoms with Crippen molar-refractivity contribution >= 4 is 28.3 Å². The average molecular weight is 471 g/mol. The van der Waals surface area contributed by atoms with E-state index in [1.165, 1.54) is 5.69 Å². The van der Waals surface area contributed by atoms with Crippen molar-refractivity contribution in [1.29, 1.82) is 0 Å². The maximum absolute atomic E-state index is 9.93. The van der Waals surface area contributed by atoms with Crippen LogP contribution in [0.3, 0.4) is 0 Å². The van der Waals surface area contributed by atoms with E-state index in [0.717, 1.165) is 48.5 Å². The molecule has 0 bridgehead atoms. The number of benzene rings is 1. The van der Waals surface area contributed by atoms with Gasteiger partial charge in [0.05, 0.1) is 35.0 Å². The lowest BCUT2D eigenvalue weighted by Crippen LogP contribution is -2.44. The molecule has 9 heteroatoms. The number of halogens is 1. The van der Waals surface area contributed by atoms with Crippen LogP contribution < -0.4 is 9.64 Å². The van der Waals surface area contributed by atoms with E-state index in [0.29, 0.717) is 17.5 Å². The van der Waals surface area contributed by atoms with Crippen molar-refractivity contribution in [2.45, 2.75) is 24.4 Å². The Kier molecular flexibility index (Phi) is 5.43. The van der Waals surface area contributed by atoms with Crippen molar-refractivity contribution in [3.63, 3.8) is 0 Å². The summed E-state index contributed by atoms with van der Waals surface area (Å²) in [4.78, 5) is 12.8. The smallest absolute Gasteiger partial charge is 0.193 e. The van der Waals surface area contributed by atoms with Gasteiger partial charge in [0.25, 0.3) is 0 Å². The third kappa shape index (κ3) is 3.96. The molecule has 8 nitrogen and oxygen atoms in total. The molecule has 4 atom stereocenters.